The Kier molecular flexibility index (Phi) is 3.98. The molecule has 18 heavy (non-hydrogen) atoms. The van der Waals surface area contributed by atoms with Crippen molar-refractivity contribution in [2.24, 2.45) is 17.6 Å². The lowest BCUT2D eigenvalue weighted by Crippen LogP contribution is -2.52. The normalized spacial score (nSPS) is 32.5. The van der Waals surface area contributed by atoms with E-state index in [9.17, 15) is 4.39 Å². The van der Waals surface area contributed by atoms with Gasteiger partial charge in [-0.1, -0.05) is 44.4 Å². The fraction of sp³-hybridized carbons (Fsp3) is 0.600. The molecule has 1 aliphatic carbocycles. The molecule has 0 spiro atoms. The van der Waals surface area contributed by atoms with Crippen molar-refractivity contribution in [2.45, 2.75) is 45.1 Å². The van der Waals surface area contributed by atoms with Gasteiger partial charge in [-0.15, -0.1) is 0 Å². The third kappa shape index (κ3) is 2.70. The summed E-state index contributed by atoms with van der Waals surface area (Å²) in [5.41, 5.74) is 6.93. The maximum absolute atomic E-state index is 13.9. The van der Waals surface area contributed by atoms with E-state index in [1.54, 1.807) is 12.1 Å². The molecule has 3 unspecified atom stereocenters. The maximum atomic E-state index is 13.9. The third-order valence-electron chi connectivity index (χ3n) is 4.60. The van der Waals surface area contributed by atoms with Crippen molar-refractivity contribution in [3.05, 3.63) is 34.6 Å². The van der Waals surface area contributed by atoms with Crippen molar-refractivity contribution in [1.29, 1.82) is 0 Å². The van der Waals surface area contributed by atoms with Gasteiger partial charge in [0, 0.05) is 10.6 Å². The van der Waals surface area contributed by atoms with Gasteiger partial charge in [0.1, 0.15) is 5.82 Å². The Hall–Kier alpha value is -0.600. The molecule has 0 heterocycles. The Morgan fingerprint density at radius 1 is 1.44 bits per heavy atom. The first-order valence-electron chi connectivity index (χ1n) is 6.65. The Balaban J connectivity index is 2.21. The largest absolute Gasteiger partial charge is 0.325 e. The van der Waals surface area contributed by atoms with E-state index in [-0.39, 0.29) is 11.4 Å². The summed E-state index contributed by atoms with van der Waals surface area (Å²) in [6.45, 7) is 4.43. The second kappa shape index (κ2) is 5.18. The molecule has 0 aliphatic heterocycles. The summed E-state index contributed by atoms with van der Waals surface area (Å²) in [5.74, 6) is 0.790. The van der Waals surface area contributed by atoms with Crippen molar-refractivity contribution in [1.82, 2.24) is 0 Å². The van der Waals surface area contributed by atoms with E-state index in [1.165, 1.54) is 12.5 Å². The van der Waals surface area contributed by atoms with Crippen LogP contribution in [-0.2, 0) is 6.42 Å². The topological polar surface area (TPSA) is 26.0 Å². The number of rotatable bonds is 2. The Morgan fingerprint density at radius 2 is 2.17 bits per heavy atom. The summed E-state index contributed by atoms with van der Waals surface area (Å²) in [6.07, 6.45) is 3.93. The van der Waals surface area contributed by atoms with Crippen LogP contribution in [0.4, 0.5) is 4.39 Å². The first-order chi connectivity index (χ1) is 8.42. The van der Waals surface area contributed by atoms with Crippen molar-refractivity contribution >= 4 is 11.6 Å². The minimum Gasteiger partial charge on any atom is -0.325 e. The molecule has 0 aromatic heterocycles. The van der Waals surface area contributed by atoms with Crippen molar-refractivity contribution in [3.8, 4) is 0 Å². The molecule has 3 atom stereocenters. The molecule has 0 amide bonds. The summed E-state index contributed by atoms with van der Waals surface area (Å²) >= 11 is 5.77. The van der Waals surface area contributed by atoms with Gasteiger partial charge in [-0.2, -0.15) is 0 Å². The molecule has 0 radical (unpaired) electrons. The van der Waals surface area contributed by atoms with Gasteiger partial charge in [-0.05, 0) is 42.4 Å². The van der Waals surface area contributed by atoms with Gasteiger partial charge in [0.15, 0.2) is 0 Å². The fourth-order valence-electron chi connectivity index (χ4n) is 3.07. The van der Waals surface area contributed by atoms with Crippen LogP contribution < -0.4 is 5.73 Å². The number of halogens is 2. The average Bonchev–Trinajstić information content (AvgIpc) is 2.30. The van der Waals surface area contributed by atoms with E-state index < -0.39 is 0 Å². The lowest BCUT2D eigenvalue weighted by molar-refractivity contribution is 0.142. The SMILES string of the molecule is CC1CCCC(N)(Cc2ccc(Cl)cc2F)C1C. The van der Waals surface area contributed by atoms with E-state index >= 15 is 0 Å². The van der Waals surface area contributed by atoms with Crippen molar-refractivity contribution in [3.63, 3.8) is 0 Å². The van der Waals surface area contributed by atoms with Crippen LogP contribution in [0.5, 0.6) is 0 Å². The van der Waals surface area contributed by atoms with E-state index in [1.807, 2.05) is 0 Å². The van der Waals surface area contributed by atoms with Gasteiger partial charge in [-0.3, -0.25) is 0 Å². The molecule has 3 heteroatoms. The molecule has 100 valence electrons. The Labute approximate surface area is 114 Å². The van der Waals surface area contributed by atoms with Gasteiger partial charge in [0.25, 0.3) is 0 Å². The summed E-state index contributed by atoms with van der Waals surface area (Å²) in [4.78, 5) is 0. The van der Waals surface area contributed by atoms with E-state index in [0.29, 0.717) is 28.8 Å². The molecule has 2 rings (SSSR count). The van der Waals surface area contributed by atoms with E-state index in [4.69, 9.17) is 17.3 Å². The second-order valence-electron chi connectivity index (χ2n) is 5.80. The smallest absolute Gasteiger partial charge is 0.127 e. The fourth-order valence-corrected chi connectivity index (χ4v) is 3.23. The second-order valence-corrected chi connectivity index (χ2v) is 6.24. The molecular weight excluding hydrogens is 249 g/mol. The highest BCUT2D eigenvalue weighted by Crippen LogP contribution is 2.38. The van der Waals surface area contributed by atoms with E-state index in [0.717, 1.165) is 12.8 Å². The lowest BCUT2D eigenvalue weighted by atomic mass is 9.66. The Bertz CT molecular complexity index is 435. The van der Waals surface area contributed by atoms with Crippen LogP contribution in [-0.4, -0.2) is 5.54 Å². The van der Waals surface area contributed by atoms with Gasteiger partial charge in [-0.25, -0.2) is 4.39 Å². The van der Waals surface area contributed by atoms with Crippen LogP contribution in [0.1, 0.15) is 38.7 Å². The number of nitrogens with two attached hydrogens (primary N) is 1. The predicted octanol–water partition coefficient (Wildman–Crippen LogP) is 4.18. The molecule has 1 aliphatic rings. The Morgan fingerprint density at radius 3 is 2.83 bits per heavy atom. The van der Waals surface area contributed by atoms with Crippen LogP contribution in [0.2, 0.25) is 5.02 Å². The number of hydrogen-bond acceptors (Lipinski definition) is 1. The van der Waals surface area contributed by atoms with Gasteiger partial charge < -0.3 is 5.73 Å². The zero-order valence-corrected chi connectivity index (χ0v) is 11.8. The molecular formula is C15H21ClFN. The molecule has 1 fully saturated rings. The van der Waals surface area contributed by atoms with Gasteiger partial charge in [0.2, 0.25) is 0 Å². The van der Waals surface area contributed by atoms with Crippen LogP contribution in [0.15, 0.2) is 18.2 Å². The minimum atomic E-state index is -0.285. The molecule has 0 saturated heterocycles. The average molecular weight is 270 g/mol. The molecule has 0 bridgehead atoms. The van der Waals surface area contributed by atoms with Crippen LogP contribution in [0, 0.1) is 17.7 Å². The predicted molar refractivity (Wildman–Crippen MR) is 74.2 cm³/mol. The summed E-state index contributed by atoms with van der Waals surface area (Å²) in [6, 6.07) is 4.87. The van der Waals surface area contributed by atoms with Gasteiger partial charge >= 0.3 is 0 Å². The number of benzene rings is 1. The van der Waals surface area contributed by atoms with Crippen molar-refractivity contribution in [2.75, 3.05) is 0 Å². The maximum Gasteiger partial charge on any atom is 0.127 e. The zero-order chi connectivity index (χ0) is 13.3. The molecule has 1 aromatic rings. The van der Waals surface area contributed by atoms with Crippen LogP contribution >= 0.6 is 11.6 Å². The highest BCUT2D eigenvalue weighted by Gasteiger charge is 2.38. The monoisotopic (exact) mass is 269 g/mol. The molecule has 1 nitrogen and oxygen atoms in total. The number of hydrogen-bond donors (Lipinski definition) is 1. The lowest BCUT2D eigenvalue weighted by Gasteiger charge is -2.43. The zero-order valence-electron chi connectivity index (χ0n) is 11.0. The molecule has 1 saturated carbocycles. The van der Waals surface area contributed by atoms with Crippen LogP contribution in [0.3, 0.4) is 0 Å². The summed E-state index contributed by atoms with van der Waals surface area (Å²) < 4.78 is 13.9. The molecule has 1 aromatic carbocycles. The first kappa shape index (κ1) is 13.8. The highest BCUT2D eigenvalue weighted by molar-refractivity contribution is 6.30. The minimum absolute atomic E-state index is 0.238. The summed E-state index contributed by atoms with van der Waals surface area (Å²) in [7, 11) is 0. The van der Waals surface area contributed by atoms with Gasteiger partial charge in [0.05, 0.1) is 0 Å². The molecule has 2 N–H and O–H groups in total. The first-order valence-corrected chi connectivity index (χ1v) is 7.03. The van der Waals surface area contributed by atoms with Crippen molar-refractivity contribution < 1.29 is 4.39 Å². The van der Waals surface area contributed by atoms with Crippen LogP contribution in [0.25, 0.3) is 0 Å². The summed E-state index contributed by atoms with van der Waals surface area (Å²) in [5, 5.41) is 0.437. The third-order valence-corrected chi connectivity index (χ3v) is 4.83. The highest BCUT2D eigenvalue weighted by atomic mass is 35.5. The quantitative estimate of drug-likeness (QED) is 0.857. The standard InChI is InChI=1S/C15H21ClFN/c1-10-4-3-7-15(18,11(10)2)9-12-5-6-13(16)8-14(12)17/h5-6,8,10-11H,3-4,7,9,18H2,1-2H3. The van der Waals surface area contributed by atoms with E-state index in [2.05, 4.69) is 13.8 Å².